The Morgan fingerprint density at radius 2 is 2.10 bits per heavy atom. The summed E-state index contributed by atoms with van der Waals surface area (Å²) in [5, 5.41) is 4.11. The fraction of sp³-hybridized carbons (Fsp3) is 0.312. The van der Waals surface area contributed by atoms with Gasteiger partial charge in [0.1, 0.15) is 5.15 Å². The van der Waals surface area contributed by atoms with E-state index in [2.05, 4.69) is 56.6 Å². The number of rotatable bonds is 3. The van der Waals surface area contributed by atoms with Gasteiger partial charge in [0.2, 0.25) is 0 Å². The van der Waals surface area contributed by atoms with Crippen molar-refractivity contribution in [1.82, 2.24) is 4.98 Å². The van der Waals surface area contributed by atoms with Crippen molar-refractivity contribution in [2.75, 3.05) is 5.32 Å². The Morgan fingerprint density at radius 3 is 2.80 bits per heavy atom. The van der Waals surface area contributed by atoms with Crippen molar-refractivity contribution in [2.45, 2.75) is 31.7 Å². The molecular formula is C16H16BrClN2. The molecule has 0 amide bonds. The smallest absolute Gasteiger partial charge is 0.132 e. The number of nitrogens with zero attached hydrogens (tertiary/aromatic N) is 1. The predicted molar refractivity (Wildman–Crippen MR) is 87.5 cm³/mol. The first-order chi connectivity index (χ1) is 9.61. The number of nitrogens with one attached hydrogen (secondary N) is 1. The van der Waals surface area contributed by atoms with E-state index in [-0.39, 0.29) is 0 Å². The van der Waals surface area contributed by atoms with Crippen LogP contribution in [0.15, 0.2) is 41.0 Å². The van der Waals surface area contributed by atoms with Crippen LogP contribution in [0.5, 0.6) is 0 Å². The standard InChI is InChI=1S/C16H16BrClN2/c1-10-5-15(9-19-16(10)18)20-14-7-12(8-14)11-3-2-4-13(17)6-11/h2-6,9,12,14,20H,7-8H2,1H3. The van der Waals surface area contributed by atoms with Crippen LogP contribution in [0.3, 0.4) is 0 Å². The molecule has 0 bridgehead atoms. The SMILES string of the molecule is Cc1cc(NC2CC(c3cccc(Br)c3)C2)cnc1Cl. The zero-order chi connectivity index (χ0) is 14.1. The van der Waals surface area contributed by atoms with Crippen LogP contribution in [0.1, 0.15) is 29.9 Å². The van der Waals surface area contributed by atoms with E-state index in [1.807, 2.05) is 13.1 Å². The molecule has 1 N–H and O–H groups in total. The molecule has 2 nitrogen and oxygen atoms in total. The number of hydrogen-bond acceptors (Lipinski definition) is 2. The minimum atomic E-state index is 0.529. The lowest BCUT2D eigenvalue weighted by Gasteiger charge is -2.37. The number of halogens is 2. The van der Waals surface area contributed by atoms with E-state index in [0.717, 1.165) is 28.6 Å². The third-order valence-electron chi connectivity index (χ3n) is 3.84. The highest BCUT2D eigenvalue weighted by atomic mass is 79.9. The van der Waals surface area contributed by atoms with E-state index in [1.165, 1.54) is 5.56 Å². The second-order valence-electron chi connectivity index (χ2n) is 5.40. The number of pyridine rings is 1. The lowest BCUT2D eigenvalue weighted by atomic mass is 9.76. The van der Waals surface area contributed by atoms with E-state index in [1.54, 1.807) is 0 Å². The molecule has 3 rings (SSSR count). The molecule has 1 heterocycles. The lowest BCUT2D eigenvalue weighted by Crippen LogP contribution is -2.34. The molecule has 0 saturated heterocycles. The molecular weight excluding hydrogens is 336 g/mol. The summed E-state index contributed by atoms with van der Waals surface area (Å²) in [5.74, 6) is 0.659. The second-order valence-corrected chi connectivity index (χ2v) is 6.67. The highest BCUT2D eigenvalue weighted by Crippen LogP contribution is 2.39. The van der Waals surface area contributed by atoms with Gasteiger partial charge in [-0.2, -0.15) is 0 Å². The van der Waals surface area contributed by atoms with Gasteiger partial charge in [0.05, 0.1) is 11.9 Å². The number of aromatic nitrogens is 1. The number of benzene rings is 1. The third kappa shape index (κ3) is 2.99. The maximum absolute atomic E-state index is 5.94. The lowest BCUT2D eigenvalue weighted by molar-refractivity contribution is 0.374. The quantitative estimate of drug-likeness (QED) is 0.772. The number of aryl methyl sites for hydroxylation is 1. The van der Waals surface area contributed by atoms with Gasteiger partial charge >= 0.3 is 0 Å². The molecule has 4 heteroatoms. The summed E-state index contributed by atoms with van der Waals surface area (Å²) in [7, 11) is 0. The minimum absolute atomic E-state index is 0.529. The first-order valence-electron chi connectivity index (χ1n) is 6.76. The molecule has 104 valence electrons. The monoisotopic (exact) mass is 350 g/mol. The van der Waals surface area contributed by atoms with E-state index in [0.29, 0.717) is 17.1 Å². The van der Waals surface area contributed by atoms with E-state index in [9.17, 15) is 0 Å². The Morgan fingerprint density at radius 1 is 1.30 bits per heavy atom. The molecule has 0 atom stereocenters. The van der Waals surface area contributed by atoms with Gasteiger partial charge in [-0.25, -0.2) is 4.98 Å². The van der Waals surface area contributed by atoms with Gasteiger partial charge in [-0.3, -0.25) is 0 Å². The van der Waals surface area contributed by atoms with Crippen molar-refractivity contribution in [3.63, 3.8) is 0 Å². The summed E-state index contributed by atoms with van der Waals surface area (Å²) >= 11 is 9.47. The number of hydrogen-bond donors (Lipinski definition) is 1. The third-order valence-corrected chi connectivity index (χ3v) is 4.73. The van der Waals surface area contributed by atoms with Gasteiger partial charge in [-0.05, 0) is 55.0 Å². The average Bonchev–Trinajstić information content (AvgIpc) is 2.37. The van der Waals surface area contributed by atoms with Gasteiger partial charge in [0, 0.05) is 10.5 Å². The summed E-state index contributed by atoms with van der Waals surface area (Å²) in [4.78, 5) is 4.18. The normalized spacial score (nSPS) is 21.4. The van der Waals surface area contributed by atoms with Crippen molar-refractivity contribution < 1.29 is 0 Å². The van der Waals surface area contributed by atoms with E-state index in [4.69, 9.17) is 11.6 Å². The number of anilines is 1. The first kappa shape index (κ1) is 13.9. The summed E-state index contributed by atoms with van der Waals surface area (Å²) in [6.45, 7) is 1.98. The maximum atomic E-state index is 5.94. The zero-order valence-electron chi connectivity index (χ0n) is 11.2. The molecule has 1 aliphatic carbocycles. The fourth-order valence-electron chi connectivity index (χ4n) is 2.64. The van der Waals surface area contributed by atoms with Crippen LogP contribution in [-0.4, -0.2) is 11.0 Å². The largest absolute Gasteiger partial charge is 0.381 e. The average molecular weight is 352 g/mol. The molecule has 1 aliphatic rings. The summed E-state index contributed by atoms with van der Waals surface area (Å²) < 4.78 is 1.16. The van der Waals surface area contributed by atoms with Crippen molar-refractivity contribution in [1.29, 1.82) is 0 Å². The van der Waals surface area contributed by atoms with Crippen molar-refractivity contribution in [3.05, 3.63) is 57.3 Å². The molecule has 2 aromatic rings. The Bertz CT molecular complexity index is 624. The molecule has 0 aliphatic heterocycles. The van der Waals surface area contributed by atoms with Gasteiger partial charge in [-0.1, -0.05) is 39.7 Å². The molecule has 20 heavy (non-hydrogen) atoms. The van der Waals surface area contributed by atoms with Crippen LogP contribution in [0.4, 0.5) is 5.69 Å². The van der Waals surface area contributed by atoms with Gasteiger partial charge in [-0.15, -0.1) is 0 Å². The zero-order valence-corrected chi connectivity index (χ0v) is 13.6. The summed E-state index contributed by atoms with van der Waals surface area (Å²) in [6.07, 6.45) is 4.14. The Labute approximate surface area is 132 Å². The Kier molecular flexibility index (Phi) is 3.99. The van der Waals surface area contributed by atoms with Crippen LogP contribution in [0.2, 0.25) is 5.15 Å². The fourth-order valence-corrected chi connectivity index (χ4v) is 3.16. The van der Waals surface area contributed by atoms with Crippen LogP contribution in [-0.2, 0) is 0 Å². The van der Waals surface area contributed by atoms with Crippen molar-refractivity contribution >= 4 is 33.2 Å². The highest BCUT2D eigenvalue weighted by molar-refractivity contribution is 9.10. The predicted octanol–water partition coefficient (Wildman–Crippen LogP) is 5.16. The van der Waals surface area contributed by atoms with Crippen molar-refractivity contribution in [2.24, 2.45) is 0 Å². The van der Waals surface area contributed by atoms with Gasteiger partial charge in [0.15, 0.2) is 0 Å². The van der Waals surface area contributed by atoms with Crippen LogP contribution in [0, 0.1) is 6.92 Å². The molecule has 1 aromatic heterocycles. The minimum Gasteiger partial charge on any atom is -0.381 e. The topological polar surface area (TPSA) is 24.9 Å². The molecule has 1 aromatic carbocycles. The molecule has 0 radical (unpaired) electrons. The molecule has 0 spiro atoms. The van der Waals surface area contributed by atoms with Crippen LogP contribution in [0.25, 0.3) is 0 Å². The summed E-state index contributed by atoms with van der Waals surface area (Å²) in [5.41, 5.74) is 3.49. The Balaban J connectivity index is 1.59. The van der Waals surface area contributed by atoms with E-state index < -0.39 is 0 Å². The van der Waals surface area contributed by atoms with Crippen LogP contribution < -0.4 is 5.32 Å². The van der Waals surface area contributed by atoms with E-state index >= 15 is 0 Å². The summed E-state index contributed by atoms with van der Waals surface area (Å²) in [6, 6.07) is 11.2. The molecule has 0 unspecified atom stereocenters. The van der Waals surface area contributed by atoms with Gasteiger partial charge < -0.3 is 5.32 Å². The second kappa shape index (κ2) is 5.74. The van der Waals surface area contributed by atoms with Crippen molar-refractivity contribution in [3.8, 4) is 0 Å². The highest BCUT2D eigenvalue weighted by Gasteiger charge is 2.30. The van der Waals surface area contributed by atoms with Crippen LogP contribution >= 0.6 is 27.5 Å². The maximum Gasteiger partial charge on any atom is 0.132 e. The first-order valence-corrected chi connectivity index (χ1v) is 7.93. The molecule has 1 fully saturated rings. The van der Waals surface area contributed by atoms with Gasteiger partial charge in [0.25, 0.3) is 0 Å². The molecule has 1 saturated carbocycles. The Hall–Kier alpha value is -1.06.